The zero-order valence-electron chi connectivity index (χ0n) is 11.8. The van der Waals surface area contributed by atoms with Crippen LogP contribution in [0.25, 0.3) is 10.8 Å². The minimum atomic E-state index is 0.119. The number of hydrogen-bond acceptors (Lipinski definition) is 1. The molecule has 0 saturated heterocycles. The van der Waals surface area contributed by atoms with Crippen LogP contribution in [0.2, 0.25) is 5.02 Å². The van der Waals surface area contributed by atoms with Gasteiger partial charge in [0.2, 0.25) is 0 Å². The Labute approximate surface area is 129 Å². The molecule has 0 unspecified atom stereocenters. The second-order valence-electron chi connectivity index (χ2n) is 5.23. The van der Waals surface area contributed by atoms with Gasteiger partial charge in [-0.1, -0.05) is 65.7 Å². The smallest absolute Gasteiger partial charge is 0.167 e. The molecule has 0 atom stereocenters. The lowest BCUT2D eigenvalue weighted by atomic mass is 9.97. The SMILES string of the molecule is Cc1cccc(CC(=O)c2ccc(Cl)c3ccccc23)c1. The molecule has 3 aromatic carbocycles. The van der Waals surface area contributed by atoms with E-state index in [-0.39, 0.29) is 5.78 Å². The van der Waals surface area contributed by atoms with E-state index in [0.717, 1.165) is 21.9 Å². The van der Waals surface area contributed by atoms with E-state index in [9.17, 15) is 4.79 Å². The molecule has 0 fully saturated rings. The Kier molecular flexibility index (Phi) is 3.76. The second kappa shape index (κ2) is 5.71. The molecule has 1 nitrogen and oxygen atoms in total. The summed E-state index contributed by atoms with van der Waals surface area (Å²) in [6.07, 6.45) is 0.410. The first kappa shape index (κ1) is 13.8. The highest BCUT2D eigenvalue weighted by Crippen LogP contribution is 2.27. The minimum Gasteiger partial charge on any atom is -0.294 e. The molecule has 0 N–H and O–H groups in total. The summed E-state index contributed by atoms with van der Waals surface area (Å²) in [5, 5.41) is 2.52. The van der Waals surface area contributed by atoms with Crippen LogP contribution in [0.3, 0.4) is 0 Å². The van der Waals surface area contributed by atoms with Gasteiger partial charge >= 0.3 is 0 Å². The zero-order chi connectivity index (χ0) is 14.8. The molecule has 0 heterocycles. The van der Waals surface area contributed by atoms with Crippen LogP contribution in [0.15, 0.2) is 60.7 Å². The summed E-state index contributed by atoms with van der Waals surface area (Å²) in [4.78, 5) is 12.6. The summed E-state index contributed by atoms with van der Waals surface area (Å²) in [5.41, 5.74) is 2.94. The molecule has 0 aliphatic heterocycles. The quantitative estimate of drug-likeness (QED) is 0.605. The van der Waals surface area contributed by atoms with Gasteiger partial charge in [0.05, 0.1) is 0 Å². The van der Waals surface area contributed by atoms with Gasteiger partial charge in [-0.2, -0.15) is 0 Å². The summed E-state index contributed by atoms with van der Waals surface area (Å²) in [6.45, 7) is 2.03. The van der Waals surface area contributed by atoms with Crippen LogP contribution in [0.1, 0.15) is 21.5 Å². The first-order chi connectivity index (χ1) is 10.1. The zero-order valence-corrected chi connectivity index (χ0v) is 12.5. The molecule has 0 radical (unpaired) electrons. The lowest BCUT2D eigenvalue weighted by Gasteiger charge is -2.08. The Morgan fingerprint density at radius 2 is 1.71 bits per heavy atom. The minimum absolute atomic E-state index is 0.119. The summed E-state index contributed by atoms with van der Waals surface area (Å²) in [5.74, 6) is 0.119. The molecule has 0 amide bonds. The summed E-state index contributed by atoms with van der Waals surface area (Å²) < 4.78 is 0. The van der Waals surface area contributed by atoms with Crippen LogP contribution in [-0.2, 0) is 6.42 Å². The average Bonchev–Trinajstić information content (AvgIpc) is 2.48. The van der Waals surface area contributed by atoms with Crippen molar-refractivity contribution in [2.24, 2.45) is 0 Å². The molecule has 2 heteroatoms. The van der Waals surface area contributed by atoms with Crippen LogP contribution >= 0.6 is 11.6 Å². The number of rotatable bonds is 3. The predicted octanol–water partition coefficient (Wildman–Crippen LogP) is 5.23. The standard InChI is InChI=1S/C19H15ClO/c1-13-5-4-6-14(11-13)12-19(21)17-9-10-18(20)16-8-3-2-7-15(16)17/h2-11H,12H2,1H3. The number of carbonyl (C=O) groups excluding carboxylic acids is 1. The number of fused-ring (bicyclic) bond motifs is 1. The van der Waals surface area contributed by atoms with Gasteiger partial charge in [0.15, 0.2) is 5.78 Å². The molecular weight excluding hydrogens is 280 g/mol. The molecule has 3 rings (SSSR count). The molecule has 0 bridgehead atoms. The lowest BCUT2D eigenvalue weighted by molar-refractivity contribution is 0.0994. The van der Waals surface area contributed by atoms with Crippen LogP contribution in [0.5, 0.6) is 0 Å². The van der Waals surface area contributed by atoms with Gasteiger partial charge < -0.3 is 0 Å². The van der Waals surface area contributed by atoms with Crippen molar-refractivity contribution in [3.63, 3.8) is 0 Å². The van der Waals surface area contributed by atoms with Gasteiger partial charge in [-0.05, 0) is 30.0 Å². The molecule has 3 aromatic rings. The Morgan fingerprint density at radius 1 is 0.952 bits per heavy atom. The third-order valence-corrected chi connectivity index (χ3v) is 3.95. The molecule has 104 valence electrons. The first-order valence-electron chi connectivity index (χ1n) is 6.91. The fraction of sp³-hybridized carbons (Fsp3) is 0.105. The van der Waals surface area contributed by atoms with E-state index in [1.54, 1.807) is 6.07 Å². The van der Waals surface area contributed by atoms with E-state index in [1.165, 1.54) is 5.56 Å². The number of ketones is 1. The Hall–Kier alpha value is -2.12. The lowest BCUT2D eigenvalue weighted by Crippen LogP contribution is -2.04. The molecule has 21 heavy (non-hydrogen) atoms. The van der Waals surface area contributed by atoms with Gasteiger partial charge in [0.1, 0.15) is 0 Å². The summed E-state index contributed by atoms with van der Waals surface area (Å²) in [6, 6.07) is 19.4. The molecule has 0 aliphatic rings. The Balaban J connectivity index is 2.01. The molecule has 0 aliphatic carbocycles. The van der Waals surface area contributed by atoms with E-state index < -0.39 is 0 Å². The average molecular weight is 295 g/mol. The largest absolute Gasteiger partial charge is 0.294 e. The summed E-state index contributed by atoms with van der Waals surface area (Å²) in [7, 11) is 0. The van der Waals surface area contributed by atoms with Crippen LogP contribution in [0.4, 0.5) is 0 Å². The number of hydrogen-bond donors (Lipinski definition) is 0. The van der Waals surface area contributed by atoms with Crippen molar-refractivity contribution >= 4 is 28.2 Å². The predicted molar refractivity (Wildman–Crippen MR) is 88.2 cm³/mol. The number of Topliss-reactive ketones (excluding diaryl/α,β-unsaturated/α-hetero) is 1. The van der Waals surface area contributed by atoms with Crippen molar-refractivity contribution in [3.8, 4) is 0 Å². The van der Waals surface area contributed by atoms with Crippen molar-refractivity contribution in [2.45, 2.75) is 13.3 Å². The molecule has 0 aromatic heterocycles. The van der Waals surface area contributed by atoms with Gasteiger partial charge in [0, 0.05) is 22.4 Å². The monoisotopic (exact) mass is 294 g/mol. The van der Waals surface area contributed by atoms with Gasteiger partial charge in [-0.25, -0.2) is 0 Å². The van der Waals surface area contributed by atoms with E-state index in [0.29, 0.717) is 11.4 Å². The van der Waals surface area contributed by atoms with Crippen molar-refractivity contribution in [3.05, 3.63) is 82.4 Å². The third kappa shape index (κ3) is 2.84. The third-order valence-electron chi connectivity index (χ3n) is 3.62. The number of benzene rings is 3. The second-order valence-corrected chi connectivity index (χ2v) is 5.64. The van der Waals surface area contributed by atoms with E-state index in [1.807, 2.05) is 55.5 Å². The molecule has 0 saturated carbocycles. The van der Waals surface area contributed by atoms with Gasteiger partial charge in [-0.3, -0.25) is 4.79 Å². The van der Waals surface area contributed by atoms with Crippen molar-refractivity contribution in [2.75, 3.05) is 0 Å². The van der Waals surface area contributed by atoms with E-state index in [2.05, 4.69) is 6.07 Å². The first-order valence-corrected chi connectivity index (χ1v) is 7.29. The van der Waals surface area contributed by atoms with E-state index >= 15 is 0 Å². The molecule has 0 spiro atoms. The van der Waals surface area contributed by atoms with Crippen LogP contribution in [-0.4, -0.2) is 5.78 Å². The van der Waals surface area contributed by atoms with Crippen LogP contribution in [0, 0.1) is 6.92 Å². The molecular formula is C19H15ClO. The van der Waals surface area contributed by atoms with Gasteiger partial charge in [0.25, 0.3) is 0 Å². The number of aryl methyl sites for hydroxylation is 1. The normalized spacial score (nSPS) is 10.8. The fourth-order valence-corrected chi connectivity index (χ4v) is 2.84. The van der Waals surface area contributed by atoms with Crippen molar-refractivity contribution in [1.82, 2.24) is 0 Å². The maximum Gasteiger partial charge on any atom is 0.167 e. The Morgan fingerprint density at radius 3 is 2.48 bits per heavy atom. The Bertz CT molecular complexity index is 821. The van der Waals surface area contributed by atoms with Crippen molar-refractivity contribution in [1.29, 1.82) is 0 Å². The fourth-order valence-electron chi connectivity index (χ4n) is 2.61. The van der Waals surface area contributed by atoms with Gasteiger partial charge in [-0.15, -0.1) is 0 Å². The maximum atomic E-state index is 12.6. The highest BCUT2D eigenvalue weighted by molar-refractivity contribution is 6.36. The highest BCUT2D eigenvalue weighted by atomic mass is 35.5. The van der Waals surface area contributed by atoms with Crippen molar-refractivity contribution < 1.29 is 4.79 Å². The number of halogens is 1. The van der Waals surface area contributed by atoms with E-state index in [4.69, 9.17) is 11.6 Å². The van der Waals surface area contributed by atoms with Crippen LogP contribution < -0.4 is 0 Å². The number of carbonyl (C=O) groups is 1. The highest BCUT2D eigenvalue weighted by Gasteiger charge is 2.12. The maximum absolute atomic E-state index is 12.6. The topological polar surface area (TPSA) is 17.1 Å². The summed E-state index contributed by atoms with van der Waals surface area (Å²) >= 11 is 6.20.